The molecule has 0 amide bonds. The number of benzene rings is 1. The molecule has 0 fully saturated rings. The first-order valence-corrected chi connectivity index (χ1v) is 9.48. The Morgan fingerprint density at radius 3 is 2.54 bits per heavy atom. The number of alkyl halides is 2. The zero-order valence-corrected chi connectivity index (χ0v) is 16.0. The molecule has 2 rings (SSSR count). The van der Waals surface area contributed by atoms with Crippen LogP contribution in [0, 0.1) is 6.92 Å². The zero-order chi connectivity index (χ0) is 20.9. The topological polar surface area (TPSA) is 129 Å². The van der Waals surface area contributed by atoms with Gasteiger partial charge in [-0.15, -0.1) is 20.4 Å². The number of rotatable bonds is 8. The molecular formula is C14H18F3N7O3S. The van der Waals surface area contributed by atoms with Crippen molar-refractivity contribution in [1.29, 1.82) is 0 Å². The van der Waals surface area contributed by atoms with Gasteiger partial charge >= 0.3 is 5.76 Å². The van der Waals surface area contributed by atoms with Gasteiger partial charge in [0, 0.05) is 12.6 Å². The van der Waals surface area contributed by atoms with Crippen LogP contribution in [0.3, 0.4) is 0 Å². The molecule has 0 aliphatic carbocycles. The third-order valence-electron chi connectivity index (χ3n) is 3.43. The maximum absolute atomic E-state index is 12.9. The van der Waals surface area contributed by atoms with Gasteiger partial charge in [0.1, 0.15) is 22.9 Å². The highest BCUT2D eigenvalue weighted by Gasteiger charge is 2.26. The summed E-state index contributed by atoms with van der Waals surface area (Å²) in [6.45, 7) is 6.01. The highest BCUT2D eigenvalue weighted by molar-refractivity contribution is 7.89. The fourth-order valence-corrected chi connectivity index (χ4v) is 2.72. The highest BCUT2D eigenvalue weighted by Crippen LogP contribution is 2.39. The van der Waals surface area contributed by atoms with Crippen LogP contribution in [0.1, 0.15) is 19.7 Å². The fraction of sp³-hybridized carbons (Fsp3) is 0.429. The second kappa shape index (κ2) is 8.97. The van der Waals surface area contributed by atoms with Gasteiger partial charge in [-0.3, -0.25) is 4.57 Å². The van der Waals surface area contributed by atoms with Gasteiger partial charge in [-0.25, -0.2) is 4.21 Å². The number of aromatic nitrogens is 3. The van der Waals surface area contributed by atoms with Crippen LogP contribution in [0.2, 0.25) is 0 Å². The van der Waals surface area contributed by atoms with Gasteiger partial charge in [-0.1, -0.05) is 4.39 Å². The summed E-state index contributed by atoms with van der Waals surface area (Å²) in [6.07, 6.45) is 0. The van der Waals surface area contributed by atoms with Crippen molar-refractivity contribution in [3.05, 3.63) is 18.0 Å². The number of halogens is 3. The van der Waals surface area contributed by atoms with E-state index in [2.05, 4.69) is 29.2 Å². The molecule has 1 aromatic carbocycles. The van der Waals surface area contributed by atoms with E-state index < -0.39 is 21.5 Å². The molecule has 1 atom stereocenters. The van der Waals surface area contributed by atoms with E-state index in [4.69, 9.17) is 10.5 Å². The molecule has 1 aromatic heterocycles. The van der Waals surface area contributed by atoms with Gasteiger partial charge in [0.2, 0.25) is 0 Å². The second-order valence-corrected chi connectivity index (χ2v) is 6.93. The van der Waals surface area contributed by atoms with E-state index in [9.17, 15) is 17.5 Å². The van der Waals surface area contributed by atoms with Crippen LogP contribution in [0.25, 0.3) is 0 Å². The second-order valence-electron chi connectivity index (χ2n) is 5.23. The summed E-state index contributed by atoms with van der Waals surface area (Å²) in [4.78, 5) is 0. The number of nitrogens with two attached hydrogens (primary N) is 1. The van der Waals surface area contributed by atoms with E-state index in [-0.39, 0.29) is 29.7 Å². The van der Waals surface area contributed by atoms with Crippen LogP contribution >= 0.6 is 0 Å². The average molecular weight is 421 g/mol. The number of aryl methyl sites for hydroxylation is 1. The summed E-state index contributed by atoms with van der Waals surface area (Å²) >= 11 is 0. The minimum Gasteiger partial charge on any atom is -0.492 e. The molecule has 2 N–H and O–H groups in total. The lowest BCUT2D eigenvalue weighted by Crippen LogP contribution is -2.10. The molecule has 1 heterocycles. The Labute approximate surface area is 158 Å². The minimum atomic E-state index is -4.96. The van der Waals surface area contributed by atoms with Crippen molar-refractivity contribution in [2.45, 2.75) is 33.1 Å². The van der Waals surface area contributed by atoms with E-state index in [1.165, 1.54) is 6.07 Å². The zero-order valence-electron chi connectivity index (χ0n) is 15.2. The summed E-state index contributed by atoms with van der Waals surface area (Å²) < 4.78 is 63.1. The van der Waals surface area contributed by atoms with Gasteiger partial charge in [-0.2, -0.15) is 13.1 Å². The van der Waals surface area contributed by atoms with Crippen LogP contribution in [0.15, 0.2) is 26.7 Å². The number of hydrogen-bond donors (Lipinski definition) is 1. The summed E-state index contributed by atoms with van der Waals surface area (Å²) in [7, 11) is -4.96. The third kappa shape index (κ3) is 4.56. The number of nitrogen functional groups attached to an aromatic ring is 1. The summed E-state index contributed by atoms with van der Waals surface area (Å²) in [6, 6.07) is 2.29. The molecule has 1 unspecified atom stereocenters. The Bertz CT molecular complexity index is 987. The van der Waals surface area contributed by atoms with Crippen molar-refractivity contribution in [3.8, 4) is 5.75 Å². The lowest BCUT2D eigenvalue weighted by Gasteiger charge is -2.10. The number of azo groups is 1. The largest absolute Gasteiger partial charge is 0.492 e. The van der Waals surface area contributed by atoms with Crippen LogP contribution < -0.4 is 10.5 Å². The third-order valence-corrected chi connectivity index (χ3v) is 4.51. The Kier molecular flexibility index (Phi) is 6.90. The average Bonchev–Trinajstić information content (AvgIpc) is 3.02. The predicted molar refractivity (Wildman–Crippen MR) is 95.1 cm³/mol. The first-order valence-electron chi connectivity index (χ1n) is 7.97. The van der Waals surface area contributed by atoms with Crippen LogP contribution in [-0.2, 0) is 20.9 Å². The standard InChI is InChI=1S/C14H18F3N7O3S/c1-4-24-8(3)19-21-14(24)22-20-10-7-12(26-5-2)9(18)6-11(10)23-28(25,27-17)13(15)16/h6-7,13H,4-5,18H2,1-3H3. The normalized spacial score (nSPS) is 13.8. The van der Waals surface area contributed by atoms with E-state index in [1.54, 1.807) is 18.4 Å². The number of hydrogen-bond acceptors (Lipinski definition) is 9. The Hall–Kier alpha value is -2.74. The quantitative estimate of drug-likeness (QED) is 0.504. The molecule has 0 bridgehead atoms. The molecule has 0 saturated heterocycles. The Morgan fingerprint density at radius 1 is 1.25 bits per heavy atom. The molecular weight excluding hydrogens is 403 g/mol. The Morgan fingerprint density at radius 2 is 1.96 bits per heavy atom. The summed E-state index contributed by atoms with van der Waals surface area (Å²) in [5.74, 6) is -2.83. The first kappa shape index (κ1) is 21.6. The van der Waals surface area contributed by atoms with Gasteiger partial charge in [0.25, 0.3) is 16.0 Å². The van der Waals surface area contributed by atoms with E-state index in [0.29, 0.717) is 12.4 Å². The molecule has 0 spiro atoms. The molecule has 10 nitrogen and oxygen atoms in total. The molecule has 2 aromatic rings. The van der Waals surface area contributed by atoms with Gasteiger partial charge in [0.05, 0.1) is 12.3 Å². The minimum absolute atomic E-state index is 0.0120. The smallest absolute Gasteiger partial charge is 0.345 e. The maximum Gasteiger partial charge on any atom is 0.345 e. The van der Waals surface area contributed by atoms with Crippen LogP contribution in [-0.4, -0.2) is 31.3 Å². The maximum atomic E-state index is 12.9. The van der Waals surface area contributed by atoms with Crippen molar-refractivity contribution in [2.24, 2.45) is 14.6 Å². The van der Waals surface area contributed by atoms with Crippen molar-refractivity contribution < 1.29 is 26.6 Å². The van der Waals surface area contributed by atoms with Gasteiger partial charge < -0.3 is 10.5 Å². The van der Waals surface area contributed by atoms with Crippen LogP contribution in [0.5, 0.6) is 5.75 Å². The van der Waals surface area contributed by atoms with Gasteiger partial charge in [-0.05, 0) is 31.4 Å². The van der Waals surface area contributed by atoms with Crippen molar-refractivity contribution in [1.82, 2.24) is 14.8 Å². The molecule has 0 radical (unpaired) electrons. The van der Waals surface area contributed by atoms with Gasteiger partial charge in [0.15, 0.2) is 0 Å². The van der Waals surface area contributed by atoms with Crippen LogP contribution in [0.4, 0.5) is 36.3 Å². The monoisotopic (exact) mass is 421 g/mol. The predicted octanol–water partition coefficient (Wildman–Crippen LogP) is 4.14. The van der Waals surface area contributed by atoms with E-state index >= 15 is 0 Å². The molecule has 0 aliphatic heterocycles. The molecule has 14 heteroatoms. The molecule has 154 valence electrons. The van der Waals surface area contributed by atoms with Crippen molar-refractivity contribution in [3.63, 3.8) is 0 Å². The molecule has 28 heavy (non-hydrogen) atoms. The number of nitrogens with zero attached hydrogens (tertiary/aromatic N) is 6. The number of anilines is 1. The molecule has 0 aliphatic rings. The highest BCUT2D eigenvalue weighted by atomic mass is 32.2. The molecule has 0 saturated carbocycles. The lowest BCUT2D eigenvalue weighted by atomic mass is 10.2. The fourth-order valence-electron chi connectivity index (χ4n) is 2.14. The van der Waals surface area contributed by atoms with Crippen molar-refractivity contribution in [2.75, 3.05) is 12.3 Å². The van der Waals surface area contributed by atoms with Crippen molar-refractivity contribution >= 4 is 33.0 Å². The summed E-state index contributed by atoms with van der Waals surface area (Å²) in [5, 5.41) is 15.5. The number of ether oxygens (including phenoxy) is 1. The Balaban J connectivity index is 2.62. The van der Waals surface area contributed by atoms with E-state index in [0.717, 1.165) is 6.07 Å². The summed E-state index contributed by atoms with van der Waals surface area (Å²) in [5.41, 5.74) is 5.17. The SMILES string of the molecule is CCOc1cc(N=Nc2nnc(C)n2CC)c(N=S(=O)(OF)C(F)F)cc1N. The first-order chi connectivity index (χ1) is 13.3. The lowest BCUT2D eigenvalue weighted by molar-refractivity contribution is -0.000950. The van der Waals surface area contributed by atoms with E-state index in [1.807, 2.05) is 6.92 Å².